The van der Waals surface area contributed by atoms with E-state index in [2.05, 4.69) is 86.9 Å². The number of rotatable bonds is 3. The van der Waals surface area contributed by atoms with Crippen molar-refractivity contribution in [2.75, 3.05) is 0 Å². The van der Waals surface area contributed by atoms with Gasteiger partial charge in [0.25, 0.3) is 0 Å². The summed E-state index contributed by atoms with van der Waals surface area (Å²) >= 11 is 0. The van der Waals surface area contributed by atoms with Gasteiger partial charge >= 0.3 is 0 Å². The van der Waals surface area contributed by atoms with Crippen molar-refractivity contribution in [2.45, 2.75) is 6.92 Å². The molecule has 0 unspecified atom stereocenters. The first-order chi connectivity index (χ1) is 20.8. The Morgan fingerprint density at radius 3 is 1.64 bits per heavy atom. The highest BCUT2D eigenvalue weighted by atomic mass is 15.2. The summed E-state index contributed by atoms with van der Waals surface area (Å²) in [6, 6.07) is 37.7. The zero-order chi connectivity index (χ0) is 27.8. The molecule has 0 aliphatic carbocycles. The van der Waals surface area contributed by atoms with Crippen molar-refractivity contribution in [3.8, 4) is 17.5 Å². The van der Waals surface area contributed by atoms with Crippen molar-refractivity contribution >= 4 is 54.8 Å². The van der Waals surface area contributed by atoms with Crippen LogP contribution in [0.1, 0.15) is 5.82 Å². The van der Waals surface area contributed by atoms with Crippen LogP contribution < -0.4 is 0 Å². The lowest BCUT2D eigenvalue weighted by molar-refractivity contribution is 0.940. The van der Waals surface area contributed by atoms with E-state index < -0.39 is 0 Å². The van der Waals surface area contributed by atoms with Gasteiger partial charge in [0.15, 0.2) is 5.65 Å². The predicted molar refractivity (Wildman–Crippen MR) is 168 cm³/mol. The van der Waals surface area contributed by atoms with Crippen molar-refractivity contribution in [3.05, 3.63) is 127 Å². The van der Waals surface area contributed by atoms with E-state index in [1.165, 1.54) is 21.5 Å². The number of hydrogen-bond acceptors (Lipinski definition) is 4. The summed E-state index contributed by atoms with van der Waals surface area (Å²) in [5.74, 6) is 3.36. The molecule has 0 aliphatic rings. The van der Waals surface area contributed by atoms with Crippen molar-refractivity contribution in [2.24, 2.45) is 0 Å². The Bertz CT molecular complexity index is 2470. The molecule has 0 N–H and O–H groups in total. The number of aryl methyl sites for hydroxylation is 1. The zero-order valence-corrected chi connectivity index (χ0v) is 22.7. The fraction of sp³-hybridized carbons (Fsp3) is 0.0286. The first-order valence-electron chi connectivity index (χ1n) is 13.9. The van der Waals surface area contributed by atoms with Gasteiger partial charge in [0, 0.05) is 33.9 Å². The van der Waals surface area contributed by atoms with Crippen LogP contribution in [-0.2, 0) is 0 Å². The van der Waals surface area contributed by atoms with Crippen LogP contribution in [-0.4, -0.2) is 33.6 Å². The Kier molecular flexibility index (Phi) is 4.69. The van der Waals surface area contributed by atoms with Crippen molar-refractivity contribution in [1.82, 2.24) is 33.6 Å². The number of benzene rings is 3. The minimum atomic E-state index is 0.776. The van der Waals surface area contributed by atoms with Crippen LogP contribution in [0, 0.1) is 6.92 Å². The van der Waals surface area contributed by atoms with E-state index in [0.29, 0.717) is 0 Å². The zero-order valence-electron chi connectivity index (χ0n) is 22.7. The maximum absolute atomic E-state index is 5.22. The first-order valence-corrected chi connectivity index (χ1v) is 13.9. The van der Waals surface area contributed by atoms with E-state index in [-0.39, 0.29) is 0 Å². The molecule has 6 aromatic heterocycles. The number of fused-ring (bicyclic) bond motifs is 7. The van der Waals surface area contributed by atoms with Gasteiger partial charge < -0.3 is 0 Å². The van der Waals surface area contributed by atoms with Gasteiger partial charge in [-0.3, -0.25) is 13.7 Å². The quantitative estimate of drug-likeness (QED) is 0.230. The van der Waals surface area contributed by atoms with Gasteiger partial charge in [-0.05, 0) is 67.6 Å². The van der Waals surface area contributed by atoms with Crippen LogP contribution in [0.5, 0.6) is 0 Å². The molecule has 0 saturated heterocycles. The summed E-state index contributed by atoms with van der Waals surface area (Å²) < 4.78 is 6.53. The largest absolute Gasteiger partial charge is 0.294 e. The van der Waals surface area contributed by atoms with Gasteiger partial charge in [0.05, 0.1) is 22.1 Å². The number of imidazole rings is 1. The Balaban J connectivity index is 1.40. The average molecular weight is 542 g/mol. The van der Waals surface area contributed by atoms with E-state index in [4.69, 9.17) is 15.0 Å². The minimum absolute atomic E-state index is 0.776. The number of pyridine rings is 3. The first kappa shape index (κ1) is 22.9. The molecule has 6 heterocycles. The summed E-state index contributed by atoms with van der Waals surface area (Å²) in [7, 11) is 0. The van der Waals surface area contributed by atoms with Crippen LogP contribution >= 0.6 is 0 Å². The van der Waals surface area contributed by atoms with Crippen molar-refractivity contribution in [1.29, 1.82) is 0 Å². The third-order valence-electron chi connectivity index (χ3n) is 8.11. The van der Waals surface area contributed by atoms with E-state index in [1.54, 1.807) is 6.20 Å². The Morgan fingerprint density at radius 1 is 0.452 bits per heavy atom. The summed E-state index contributed by atoms with van der Waals surface area (Å²) in [5.41, 5.74) is 6.02. The lowest BCUT2D eigenvalue weighted by Gasteiger charge is -2.10. The van der Waals surface area contributed by atoms with E-state index in [1.807, 2.05) is 54.1 Å². The molecule has 3 aromatic carbocycles. The number of hydrogen-bond donors (Lipinski definition) is 0. The van der Waals surface area contributed by atoms with Gasteiger partial charge in [-0.2, -0.15) is 0 Å². The molecule has 0 saturated carbocycles. The molecule has 0 amide bonds. The van der Waals surface area contributed by atoms with Crippen LogP contribution in [0.15, 0.2) is 122 Å². The van der Waals surface area contributed by atoms with Crippen LogP contribution in [0.4, 0.5) is 0 Å². The smallest absolute Gasteiger partial charge is 0.168 e. The highest BCUT2D eigenvalue weighted by Gasteiger charge is 2.20. The summed E-state index contributed by atoms with van der Waals surface area (Å²) in [5, 5.41) is 4.75. The van der Waals surface area contributed by atoms with Gasteiger partial charge in [-0.1, -0.05) is 48.5 Å². The Labute approximate surface area is 240 Å². The van der Waals surface area contributed by atoms with E-state index >= 15 is 0 Å². The van der Waals surface area contributed by atoms with Gasteiger partial charge in [-0.25, -0.2) is 19.9 Å². The molecule has 0 atom stereocenters. The lowest BCUT2D eigenvalue weighted by atomic mass is 10.1. The second-order valence-corrected chi connectivity index (χ2v) is 10.5. The van der Waals surface area contributed by atoms with Crippen LogP contribution in [0.3, 0.4) is 0 Å². The van der Waals surface area contributed by atoms with Gasteiger partial charge in [-0.15, -0.1) is 0 Å². The molecule has 0 aliphatic heterocycles. The van der Waals surface area contributed by atoms with Gasteiger partial charge in [0.2, 0.25) is 0 Å². The third kappa shape index (κ3) is 3.16. The van der Waals surface area contributed by atoms with Gasteiger partial charge in [0.1, 0.15) is 28.8 Å². The van der Waals surface area contributed by atoms with E-state index in [9.17, 15) is 0 Å². The monoisotopic (exact) mass is 541 g/mol. The summed E-state index contributed by atoms with van der Waals surface area (Å²) in [6.45, 7) is 1.99. The molecule has 7 nitrogen and oxygen atoms in total. The molecule has 7 heteroatoms. The highest BCUT2D eigenvalue weighted by Crippen LogP contribution is 2.39. The topological polar surface area (TPSA) is 66.3 Å². The summed E-state index contributed by atoms with van der Waals surface area (Å²) in [6.07, 6.45) is 3.64. The van der Waals surface area contributed by atoms with Crippen LogP contribution in [0.2, 0.25) is 0 Å². The van der Waals surface area contributed by atoms with Crippen LogP contribution in [0.25, 0.3) is 72.2 Å². The number of aromatic nitrogens is 7. The lowest BCUT2D eigenvalue weighted by Crippen LogP contribution is -2.03. The molecule has 9 rings (SSSR count). The number of para-hydroxylation sites is 2. The summed E-state index contributed by atoms with van der Waals surface area (Å²) in [4.78, 5) is 19.3. The molecule has 198 valence electrons. The molecular weight excluding hydrogens is 518 g/mol. The maximum Gasteiger partial charge on any atom is 0.168 e. The fourth-order valence-electron chi connectivity index (χ4n) is 6.36. The Morgan fingerprint density at radius 2 is 1.02 bits per heavy atom. The standard InChI is InChI=1S/C35H23N7/c1-22-38-27-16-17-34(39-35(27)40(22)32-14-6-8-18-36-32)42-29-13-5-3-11-24(29)26-20-25-23-10-2-4-12-28(23)41(30(25)21-31(26)42)33-15-7-9-19-37-33/h2-21H,1H3. The highest BCUT2D eigenvalue weighted by molar-refractivity contribution is 6.19. The predicted octanol–water partition coefficient (Wildman–Crippen LogP) is 7.71. The molecule has 9 aromatic rings. The third-order valence-corrected chi connectivity index (χ3v) is 8.11. The van der Waals surface area contributed by atoms with E-state index in [0.717, 1.165) is 56.5 Å². The SMILES string of the molecule is Cc1nc2ccc(-n3c4ccccc4c4cc5c6ccccc6n(-c6ccccn6)c5cc43)nc2n1-c1ccccn1. The van der Waals surface area contributed by atoms with Crippen molar-refractivity contribution in [3.63, 3.8) is 0 Å². The van der Waals surface area contributed by atoms with Crippen molar-refractivity contribution < 1.29 is 0 Å². The molecule has 0 bridgehead atoms. The second kappa shape index (κ2) is 8.59. The maximum atomic E-state index is 5.22. The molecule has 42 heavy (non-hydrogen) atoms. The molecular formula is C35H23N7. The minimum Gasteiger partial charge on any atom is -0.294 e. The normalized spacial score (nSPS) is 11.9. The Hall–Kier alpha value is -5.82. The molecule has 0 spiro atoms. The molecule has 0 fully saturated rings. The fourth-order valence-corrected chi connectivity index (χ4v) is 6.36. The second-order valence-electron chi connectivity index (χ2n) is 10.5. The number of nitrogens with zero attached hydrogens (tertiary/aromatic N) is 7. The average Bonchev–Trinajstić information content (AvgIpc) is 3.66. The molecule has 0 radical (unpaired) electrons.